The van der Waals surface area contributed by atoms with Gasteiger partial charge in [-0.05, 0) is 22.0 Å². The monoisotopic (exact) mass is 203 g/mol. The standard InChI is InChI=1S/C7H5BrFO/c1-10-7-5(8)3-2-4-6(7)9/h2,4H,1H3. The molecular formula is C7H5BrFO. The highest BCUT2D eigenvalue weighted by atomic mass is 79.9. The van der Waals surface area contributed by atoms with Crippen molar-refractivity contribution >= 4 is 15.9 Å². The Hall–Kier alpha value is -0.570. The van der Waals surface area contributed by atoms with Crippen molar-refractivity contribution < 1.29 is 9.13 Å². The van der Waals surface area contributed by atoms with Crippen LogP contribution in [-0.4, -0.2) is 7.11 Å². The first-order chi connectivity index (χ1) is 4.75. The molecule has 1 aromatic rings. The molecule has 0 aliphatic rings. The second-order valence-corrected chi connectivity index (χ2v) is 2.47. The smallest absolute Gasteiger partial charge is 0.169 e. The van der Waals surface area contributed by atoms with Crippen molar-refractivity contribution in [3.8, 4) is 5.75 Å². The lowest BCUT2D eigenvalue weighted by atomic mass is 10.3. The van der Waals surface area contributed by atoms with E-state index in [-0.39, 0.29) is 11.6 Å². The fourth-order valence-corrected chi connectivity index (χ4v) is 1.10. The van der Waals surface area contributed by atoms with Crippen LogP contribution in [0.5, 0.6) is 5.75 Å². The molecule has 0 atom stereocenters. The minimum Gasteiger partial charge on any atom is -0.492 e. The third-order valence-corrected chi connectivity index (χ3v) is 1.65. The van der Waals surface area contributed by atoms with E-state index < -0.39 is 0 Å². The van der Waals surface area contributed by atoms with Crippen molar-refractivity contribution in [3.63, 3.8) is 0 Å². The van der Waals surface area contributed by atoms with Gasteiger partial charge in [0, 0.05) is 6.07 Å². The number of rotatable bonds is 1. The summed E-state index contributed by atoms with van der Waals surface area (Å²) >= 11 is 3.09. The van der Waals surface area contributed by atoms with E-state index in [1.54, 1.807) is 0 Å². The Bertz CT molecular complexity index is 217. The van der Waals surface area contributed by atoms with Gasteiger partial charge >= 0.3 is 0 Å². The van der Waals surface area contributed by atoms with Crippen LogP contribution in [0.1, 0.15) is 0 Å². The van der Waals surface area contributed by atoms with Crippen LogP contribution >= 0.6 is 15.9 Å². The quantitative estimate of drug-likeness (QED) is 0.682. The van der Waals surface area contributed by atoms with E-state index in [0.717, 1.165) is 0 Å². The normalized spacial score (nSPS) is 9.50. The highest BCUT2D eigenvalue weighted by molar-refractivity contribution is 9.10. The van der Waals surface area contributed by atoms with Crippen LogP contribution in [0.4, 0.5) is 4.39 Å². The molecule has 0 unspecified atom stereocenters. The summed E-state index contributed by atoms with van der Waals surface area (Å²) in [6, 6.07) is 5.53. The van der Waals surface area contributed by atoms with Crippen LogP contribution in [0.25, 0.3) is 0 Å². The Morgan fingerprint density at radius 3 is 2.80 bits per heavy atom. The zero-order valence-electron chi connectivity index (χ0n) is 5.32. The van der Waals surface area contributed by atoms with Crippen LogP contribution in [0.2, 0.25) is 0 Å². The molecule has 0 aliphatic heterocycles. The zero-order valence-corrected chi connectivity index (χ0v) is 6.90. The Morgan fingerprint density at radius 2 is 2.40 bits per heavy atom. The van der Waals surface area contributed by atoms with E-state index in [4.69, 9.17) is 4.74 Å². The maximum atomic E-state index is 12.7. The van der Waals surface area contributed by atoms with Crippen molar-refractivity contribution in [2.24, 2.45) is 0 Å². The van der Waals surface area contributed by atoms with Gasteiger partial charge < -0.3 is 4.74 Å². The van der Waals surface area contributed by atoms with Gasteiger partial charge in [0.25, 0.3) is 0 Å². The maximum Gasteiger partial charge on any atom is 0.169 e. The minimum absolute atomic E-state index is 0.197. The minimum atomic E-state index is -0.381. The lowest BCUT2D eigenvalue weighted by Gasteiger charge is -2.01. The summed E-state index contributed by atoms with van der Waals surface area (Å²) in [5.41, 5.74) is 0. The van der Waals surface area contributed by atoms with Crippen LogP contribution in [-0.2, 0) is 0 Å². The van der Waals surface area contributed by atoms with Gasteiger partial charge in [-0.3, -0.25) is 0 Å². The second-order valence-electron chi connectivity index (χ2n) is 1.67. The van der Waals surface area contributed by atoms with Crippen LogP contribution in [0, 0.1) is 11.9 Å². The molecule has 1 nitrogen and oxygen atoms in total. The first-order valence-corrected chi connectivity index (χ1v) is 3.44. The van der Waals surface area contributed by atoms with E-state index in [9.17, 15) is 4.39 Å². The Kier molecular flexibility index (Phi) is 2.27. The van der Waals surface area contributed by atoms with Gasteiger partial charge in [-0.25, -0.2) is 4.39 Å². The summed E-state index contributed by atoms with van der Waals surface area (Å²) in [5, 5.41) is 0. The molecule has 1 rings (SSSR count). The SMILES string of the molecule is COc1c(Br)[c]ccc1F. The number of ether oxygens (including phenoxy) is 1. The number of hydrogen-bond acceptors (Lipinski definition) is 1. The zero-order chi connectivity index (χ0) is 7.56. The fourth-order valence-electron chi connectivity index (χ4n) is 0.621. The Morgan fingerprint density at radius 1 is 1.70 bits per heavy atom. The summed E-state index contributed by atoms with van der Waals surface area (Å²) in [5.74, 6) is -0.185. The maximum absolute atomic E-state index is 12.7. The van der Waals surface area contributed by atoms with Gasteiger partial charge in [-0.1, -0.05) is 6.07 Å². The summed E-state index contributed by atoms with van der Waals surface area (Å²) in [7, 11) is 1.41. The van der Waals surface area contributed by atoms with E-state index in [0.29, 0.717) is 4.47 Å². The van der Waals surface area contributed by atoms with Crippen LogP contribution in [0.15, 0.2) is 16.6 Å². The average Bonchev–Trinajstić information content (AvgIpc) is 1.88. The molecule has 0 amide bonds. The lowest BCUT2D eigenvalue weighted by Crippen LogP contribution is -1.87. The van der Waals surface area contributed by atoms with Gasteiger partial charge in [-0.15, -0.1) is 0 Å². The molecule has 0 bridgehead atoms. The third-order valence-electron chi connectivity index (χ3n) is 1.06. The molecule has 10 heavy (non-hydrogen) atoms. The van der Waals surface area contributed by atoms with E-state index in [2.05, 4.69) is 22.0 Å². The molecule has 1 aromatic carbocycles. The van der Waals surface area contributed by atoms with E-state index in [1.165, 1.54) is 19.2 Å². The molecule has 0 N–H and O–H groups in total. The highest BCUT2D eigenvalue weighted by Crippen LogP contribution is 2.26. The molecule has 3 heteroatoms. The van der Waals surface area contributed by atoms with Crippen molar-refractivity contribution in [3.05, 3.63) is 28.5 Å². The molecule has 1 radical (unpaired) electrons. The lowest BCUT2D eigenvalue weighted by molar-refractivity contribution is 0.383. The van der Waals surface area contributed by atoms with Gasteiger partial charge in [-0.2, -0.15) is 0 Å². The Balaban J connectivity index is 3.17. The third kappa shape index (κ3) is 1.29. The van der Waals surface area contributed by atoms with Gasteiger partial charge in [0.15, 0.2) is 11.6 Å². The number of halogens is 2. The van der Waals surface area contributed by atoms with Gasteiger partial charge in [0.05, 0.1) is 11.6 Å². The molecular weight excluding hydrogens is 199 g/mol. The molecule has 0 aliphatic carbocycles. The Labute approximate surface area is 66.9 Å². The van der Waals surface area contributed by atoms with Crippen molar-refractivity contribution in [2.75, 3.05) is 7.11 Å². The number of methoxy groups -OCH3 is 1. The van der Waals surface area contributed by atoms with Gasteiger partial charge in [0.1, 0.15) is 0 Å². The molecule has 0 spiro atoms. The summed E-state index contributed by atoms with van der Waals surface area (Å²) in [4.78, 5) is 0. The fraction of sp³-hybridized carbons (Fsp3) is 0.143. The van der Waals surface area contributed by atoms with Crippen LogP contribution in [0.3, 0.4) is 0 Å². The largest absolute Gasteiger partial charge is 0.492 e. The first-order valence-electron chi connectivity index (χ1n) is 2.65. The predicted octanol–water partition coefficient (Wildman–Crippen LogP) is 2.40. The molecule has 0 aromatic heterocycles. The van der Waals surface area contributed by atoms with Crippen LogP contribution < -0.4 is 4.74 Å². The molecule has 0 saturated heterocycles. The average molecular weight is 204 g/mol. The predicted molar refractivity (Wildman–Crippen MR) is 39.5 cm³/mol. The second kappa shape index (κ2) is 3.01. The summed E-state index contributed by atoms with van der Waals surface area (Å²) in [6.07, 6.45) is 0. The van der Waals surface area contributed by atoms with E-state index >= 15 is 0 Å². The number of hydrogen-bond donors (Lipinski definition) is 0. The van der Waals surface area contributed by atoms with Crippen molar-refractivity contribution in [1.29, 1.82) is 0 Å². The molecule has 0 heterocycles. The number of benzene rings is 1. The van der Waals surface area contributed by atoms with Gasteiger partial charge in [0.2, 0.25) is 0 Å². The summed E-state index contributed by atoms with van der Waals surface area (Å²) in [6.45, 7) is 0. The summed E-state index contributed by atoms with van der Waals surface area (Å²) < 4.78 is 17.9. The molecule has 0 fully saturated rings. The van der Waals surface area contributed by atoms with Crippen molar-refractivity contribution in [2.45, 2.75) is 0 Å². The first kappa shape index (κ1) is 7.54. The topological polar surface area (TPSA) is 9.23 Å². The van der Waals surface area contributed by atoms with E-state index in [1.807, 2.05) is 0 Å². The van der Waals surface area contributed by atoms with Crippen molar-refractivity contribution in [1.82, 2.24) is 0 Å². The molecule has 53 valence electrons. The molecule has 0 saturated carbocycles. The highest BCUT2D eigenvalue weighted by Gasteiger charge is 2.04.